The van der Waals surface area contributed by atoms with E-state index in [0.717, 1.165) is 48.3 Å². The Kier molecular flexibility index (Phi) is 5.48. The number of pyridine rings is 1. The molecule has 1 aromatic carbocycles. The molecule has 1 aliphatic heterocycles. The molecular weight excluding hydrogens is 356 g/mol. The lowest BCUT2D eigenvalue weighted by Crippen LogP contribution is -2.44. The molecule has 1 fully saturated rings. The summed E-state index contributed by atoms with van der Waals surface area (Å²) < 4.78 is 12.5. The fourth-order valence-electron chi connectivity index (χ4n) is 4.23. The van der Waals surface area contributed by atoms with Crippen LogP contribution in [0.15, 0.2) is 35.1 Å². The lowest BCUT2D eigenvalue weighted by molar-refractivity contribution is -0.136. The smallest absolute Gasteiger partial charge is 0.251 e. The van der Waals surface area contributed by atoms with Gasteiger partial charge in [-0.05, 0) is 42.9 Å². The summed E-state index contributed by atoms with van der Waals surface area (Å²) in [4.78, 5) is 27.6. The number of aromatic nitrogens is 1. The molecule has 0 unspecified atom stereocenters. The Labute approximate surface area is 164 Å². The molecule has 28 heavy (non-hydrogen) atoms. The molecule has 6 nitrogen and oxygen atoms in total. The number of hydrogen-bond acceptors (Lipinski definition) is 4. The van der Waals surface area contributed by atoms with E-state index >= 15 is 0 Å². The minimum absolute atomic E-state index is 0.0109. The Bertz CT molecular complexity index is 929. The van der Waals surface area contributed by atoms with Crippen molar-refractivity contribution in [2.24, 2.45) is 0 Å². The standard InChI is InChI=1S/C22H26N2O4/c1-27-20-9-5-3-7-17(20)18-14-21(25)24(19-8-4-2-6-16(18)19)15-22(26)23-10-12-28-13-11-23/h3,5,7,9,14H,2,4,6,8,10-13,15H2,1H3. The van der Waals surface area contributed by atoms with Gasteiger partial charge in [0.1, 0.15) is 12.3 Å². The molecule has 4 rings (SSSR count). The normalized spacial score (nSPS) is 16.5. The molecule has 1 aromatic heterocycles. The molecule has 2 aliphatic rings. The monoisotopic (exact) mass is 382 g/mol. The van der Waals surface area contributed by atoms with Crippen molar-refractivity contribution in [1.82, 2.24) is 9.47 Å². The number of amides is 1. The lowest BCUT2D eigenvalue weighted by atomic mass is 9.88. The van der Waals surface area contributed by atoms with Crippen molar-refractivity contribution in [3.63, 3.8) is 0 Å². The number of morpholine rings is 1. The number of benzene rings is 1. The van der Waals surface area contributed by atoms with Gasteiger partial charge in [0.25, 0.3) is 5.56 Å². The van der Waals surface area contributed by atoms with Crippen LogP contribution in [0.3, 0.4) is 0 Å². The summed E-state index contributed by atoms with van der Waals surface area (Å²) >= 11 is 0. The summed E-state index contributed by atoms with van der Waals surface area (Å²) in [5.41, 5.74) is 3.92. The van der Waals surface area contributed by atoms with Gasteiger partial charge in [0.2, 0.25) is 5.91 Å². The van der Waals surface area contributed by atoms with Crippen LogP contribution in [0.4, 0.5) is 0 Å². The highest BCUT2D eigenvalue weighted by Gasteiger charge is 2.24. The van der Waals surface area contributed by atoms with Gasteiger partial charge < -0.3 is 18.9 Å². The molecule has 148 valence electrons. The Balaban J connectivity index is 1.75. The molecule has 1 amide bonds. The zero-order valence-electron chi connectivity index (χ0n) is 16.3. The van der Waals surface area contributed by atoms with Gasteiger partial charge in [-0.3, -0.25) is 9.59 Å². The molecule has 0 radical (unpaired) electrons. The number of rotatable bonds is 4. The van der Waals surface area contributed by atoms with Crippen LogP contribution in [-0.2, 0) is 28.9 Å². The van der Waals surface area contributed by atoms with Crippen molar-refractivity contribution < 1.29 is 14.3 Å². The van der Waals surface area contributed by atoms with Gasteiger partial charge in [0.05, 0.1) is 20.3 Å². The molecule has 1 aliphatic carbocycles. The molecule has 0 saturated carbocycles. The second-order valence-electron chi connectivity index (χ2n) is 7.31. The van der Waals surface area contributed by atoms with E-state index in [4.69, 9.17) is 9.47 Å². The predicted octanol–water partition coefficient (Wildman–Crippen LogP) is 2.26. The van der Waals surface area contributed by atoms with Crippen molar-refractivity contribution in [3.8, 4) is 16.9 Å². The maximum Gasteiger partial charge on any atom is 0.251 e. The lowest BCUT2D eigenvalue weighted by Gasteiger charge is -2.29. The summed E-state index contributed by atoms with van der Waals surface area (Å²) in [5.74, 6) is 0.750. The Hall–Kier alpha value is -2.60. The topological polar surface area (TPSA) is 60.8 Å². The van der Waals surface area contributed by atoms with E-state index in [9.17, 15) is 9.59 Å². The van der Waals surface area contributed by atoms with E-state index in [1.54, 1.807) is 22.6 Å². The van der Waals surface area contributed by atoms with Gasteiger partial charge in [-0.15, -0.1) is 0 Å². The number of ether oxygens (including phenoxy) is 2. The Morgan fingerprint density at radius 1 is 1.11 bits per heavy atom. The van der Waals surface area contributed by atoms with E-state index in [2.05, 4.69) is 0 Å². The quantitative estimate of drug-likeness (QED) is 0.814. The molecule has 6 heteroatoms. The molecule has 0 atom stereocenters. The van der Waals surface area contributed by atoms with Crippen molar-refractivity contribution in [2.75, 3.05) is 33.4 Å². The van der Waals surface area contributed by atoms with E-state index in [1.165, 1.54) is 5.56 Å². The molecule has 0 N–H and O–H groups in total. The van der Waals surface area contributed by atoms with Crippen LogP contribution in [0.1, 0.15) is 24.1 Å². The highest BCUT2D eigenvalue weighted by Crippen LogP contribution is 2.35. The average Bonchev–Trinajstić information content (AvgIpc) is 2.76. The number of hydrogen-bond donors (Lipinski definition) is 0. The number of methoxy groups -OCH3 is 1. The fourth-order valence-corrected chi connectivity index (χ4v) is 4.23. The fraction of sp³-hybridized carbons (Fsp3) is 0.455. The number of nitrogens with zero attached hydrogens (tertiary/aromatic N) is 2. The van der Waals surface area contributed by atoms with E-state index in [-0.39, 0.29) is 18.0 Å². The summed E-state index contributed by atoms with van der Waals surface area (Å²) in [6, 6.07) is 9.47. The largest absolute Gasteiger partial charge is 0.496 e. The maximum absolute atomic E-state index is 13.0. The first-order chi connectivity index (χ1) is 13.7. The van der Waals surface area contributed by atoms with Crippen LogP contribution < -0.4 is 10.3 Å². The average molecular weight is 382 g/mol. The van der Waals surface area contributed by atoms with Crippen LogP contribution in [0.25, 0.3) is 11.1 Å². The summed E-state index contributed by atoms with van der Waals surface area (Å²) in [5, 5.41) is 0. The predicted molar refractivity (Wildman–Crippen MR) is 107 cm³/mol. The van der Waals surface area contributed by atoms with Gasteiger partial charge in [0, 0.05) is 30.4 Å². The van der Waals surface area contributed by atoms with Crippen LogP contribution in [0.5, 0.6) is 5.75 Å². The highest BCUT2D eigenvalue weighted by molar-refractivity contribution is 5.77. The molecule has 2 aromatic rings. The van der Waals surface area contributed by atoms with Crippen molar-refractivity contribution in [3.05, 3.63) is 51.9 Å². The van der Waals surface area contributed by atoms with Gasteiger partial charge in [-0.2, -0.15) is 0 Å². The second kappa shape index (κ2) is 8.19. The van der Waals surface area contributed by atoms with Crippen LogP contribution >= 0.6 is 0 Å². The van der Waals surface area contributed by atoms with Gasteiger partial charge in [-0.25, -0.2) is 0 Å². The summed E-state index contributed by atoms with van der Waals surface area (Å²) in [7, 11) is 1.65. The number of fused-ring (bicyclic) bond motifs is 1. The van der Waals surface area contributed by atoms with E-state index in [1.807, 2.05) is 24.3 Å². The van der Waals surface area contributed by atoms with Gasteiger partial charge >= 0.3 is 0 Å². The molecule has 0 spiro atoms. The van der Waals surface area contributed by atoms with Crippen molar-refractivity contribution in [1.29, 1.82) is 0 Å². The number of carbonyl (C=O) groups is 1. The van der Waals surface area contributed by atoms with E-state index < -0.39 is 0 Å². The van der Waals surface area contributed by atoms with Gasteiger partial charge in [-0.1, -0.05) is 18.2 Å². The third kappa shape index (κ3) is 3.56. The second-order valence-corrected chi connectivity index (χ2v) is 7.31. The highest BCUT2D eigenvalue weighted by atomic mass is 16.5. The SMILES string of the molecule is COc1ccccc1-c1cc(=O)n(CC(=O)N2CCOCC2)c2c1CCCC2. The molecule has 0 bridgehead atoms. The summed E-state index contributed by atoms with van der Waals surface area (Å²) in [6.07, 6.45) is 3.86. The number of carbonyl (C=O) groups excluding carboxylic acids is 1. The zero-order chi connectivity index (χ0) is 19.5. The minimum atomic E-state index is -0.122. The Morgan fingerprint density at radius 3 is 2.64 bits per heavy atom. The minimum Gasteiger partial charge on any atom is -0.496 e. The molecule has 2 heterocycles. The first-order valence-electron chi connectivity index (χ1n) is 9.93. The van der Waals surface area contributed by atoms with Crippen molar-refractivity contribution >= 4 is 5.91 Å². The first kappa shape index (κ1) is 18.7. The Morgan fingerprint density at radius 2 is 1.86 bits per heavy atom. The third-order valence-corrected chi connectivity index (χ3v) is 5.68. The maximum atomic E-state index is 13.0. The first-order valence-corrected chi connectivity index (χ1v) is 9.93. The van der Waals surface area contributed by atoms with E-state index in [0.29, 0.717) is 26.3 Å². The van der Waals surface area contributed by atoms with Gasteiger partial charge in [0.15, 0.2) is 0 Å². The van der Waals surface area contributed by atoms with Crippen molar-refractivity contribution in [2.45, 2.75) is 32.2 Å². The number of para-hydroxylation sites is 1. The van der Waals surface area contributed by atoms with Crippen LogP contribution in [-0.4, -0.2) is 48.8 Å². The zero-order valence-corrected chi connectivity index (χ0v) is 16.3. The summed E-state index contributed by atoms with van der Waals surface area (Å²) in [6.45, 7) is 2.41. The molecule has 1 saturated heterocycles. The van der Waals surface area contributed by atoms with Crippen LogP contribution in [0.2, 0.25) is 0 Å². The molecular formula is C22H26N2O4. The third-order valence-electron chi connectivity index (χ3n) is 5.68. The van der Waals surface area contributed by atoms with Crippen LogP contribution in [0, 0.1) is 0 Å².